The third kappa shape index (κ3) is 6.13. The van der Waals surface area contributed by atoms with Crippen molar-refractivity contribution >= 4 is 17.5 Å². The fourth-order valence-electron chi connectivity index (χ4n) is 4.72. The van der Waals surface area contributed by atoms with E-state index in [0.29, 0.717) is 53.9 Å². The highest BCUT2D eigenvalue weighted by atomic mass is 16.5. The number of nitrogens with zero attached hydrogens (tertiary/aromatic N) is 1. The Bertz CT molecular complexity index is 1140. The Labute approximate surface area is 219 Å². The van der Waals surface area contributed by atoms with Gasteiger partial charge in [0, 0.05) is 24.1 Å². The number of benzene rings is 2. The summed E-state index contributed by atoms with van der Waals surface area (Å²) in [5.41, 5.74) is 1.74. The summed E-state index contributed by atoms with van der Waals surface area (Å²) in [7, 11) is 7.10. The quantitative estimate of drug-likeness (QED) is 0.268. The molecule has 3 rings (SSSR count). The Morgan fingerprint density at radius 3 is 2.38 bits per heavy atom. The maximum atomic E-state index is 13.9. The zero-order valence-electron chi connectivity index (χ0n) is 22.9. The lowest BCUT2D eigenvalue weighted by Crippen LogP contribution is -3.05. The van der Waals surface area contributed by atoms with Crippen LogP contribution in [0.25, 0.3) is 0 Å². The molecule has 1 amide bonds. The molecule has 0 aromatic heterocycles. The smallest absolute Gasteiger partial charge is 0.291 e. The molecule has 1 heterocycles. The summed E-state index contributed by atoms with van der Waals surface area (Å²) in [5, 5.41) is 0. The number of likely N-dealkylation sites (tertiary alicyclic amines) is 1. The van der Waals surface area contributed by atoms with Crippen LogP contribution in [0.3, 0.4) is 0 Å². The van der Waals surface area contributed by atoms with Crippen molar-refractivity contribution in [2.24, 2.45) is 11.8 Å². The topological polar surface area (TPSA) is 86.6 Å². The highest BCUT2D eigenvalue weighted by Gasteiger charge is 2.52. The second-order valence-electron chi connectivity index (χ2n) is 10.2. The second-order valence-corrected chi connectivity index (χ2v) is 10.2. The fraction of sp³-hybridized carbons (Fsp3) is 0.483. The number of methoxy groups -OCH3 is 2. The van der Waals surface area contributed by atoms with Crippen LogP contribution < -0.4 is 19.1 Å². The number of amides is 1. The van der Waals surface area contributed by atoms with E-state index in [4.69, 9.17) is 14.2 Å². The summed E-state index contributed by atoms with van der Waals surface area (Å²) in [4.78, 5) is 43.3. The van der Waals surface area contributed by atoms with E-state index in [1.165, 1.54) is 24.0 Å². The molecule has 0 spiro atoms. The monoisotopic (exact) mass is 511 g/mol. The molecule has 2 aromatic rings. The lowest BCUT2D eigenvalue weighted by molar-refractivity contribution is -0.858. The molecule has 1 saturated heterocycles. The SMILES string of the molecule is COc1cccc(C2C(C(=O)c3ccc(OCC(C)C)c(C)c3)C(=O)C(=O)N2CCC[NH+](C)C)c1OC. The molecule has 0 saturated carbocycles. The normalized spacial score (nSPS) is 17.6. The minimum absolute atomic E-state index is 0.353. The number of hydrogen-bond donors (Lipinski definition) is 1. The molecule has 8 heteroatoms. The fourth-order valence-corrected chi connectivity index (χ4v) is 4.72. The van der Waals surface area contributed by atoms with Gasteiger partial charge in [-0.15, -0.1) is 0 Å². The summed E-state index contributed by atoms with van der Waals surface area (Å²) in [5.74, 6) is -0.996. The average molecular weight is 512 g/mol. The van der Waals surface area contributed by atoms with Crippen molar-refractivity contribution in [3.8, 4) is 17.2 Å². The van der Waals surface area contributed by atoms with Crippen molar-refractivity contribution < 1.29 is 33.5 Å². The van der Waals surface area contributed by atoms with Crippen molar-refractivity contribution in [1.82, 2.24) is 4.90 Å². The molecule has 200 valence electrons. The van der Waals surface area contributed by atoms with Gasteiger partial charge in [0.2, 0.25) is 5.78 Å². The lowest BCUT2D eigenvalue weighted by atomic mass is 9.85. The van der Waals surface area contributed by atoms with E-state index < -0.39 is 29.4 Å². The van der Waals surface area contributed by atoms with E-state index in [-0.39, 0.29) is 0 Å². The van der Waals surface area contributed by atoms with Gasteiger partial charge in [0.25, 0.3) is 5.91 Å². The summed E-state index contributed by atoms with van der Waals surface area (Å²) in [6.07, 6.45) is 0.687. The molecule has 8 nitrogen and oxygen atoms in total. The van der Waals surface area contributed by atoms with Gasteiger partial charge in [-0.25, -0.2) is 0 Å². The Balaban J connectivity index is 2.05. The number of quaternary nitrogens is 1. The van der Waals surface area contributed by atoms with E-state index in [9.17, 15) is 14.4 Å². The molecular weight excluding hydrogens is 472 g/mol. The van der Waals surface area contributed by atoms with Gasteiger partial charge in [0.1, 0.15) is 11.7 Å². The molecule has 0 aliphatic carbocycles. The largest absolute Gasteiger partial charge is 0.493 e. The van der Waals surface area contributed by atoms with E-state index in [0.717, 1.165) is 12.1 Å². The highest BCUT2D eigenvalue weighted by Crippen LogP contribution is 2.45. The van der Waals surface area contributed by atoms with E-state index in [2.05, 4.69) is 13.8 Å². The first-order valence-corrected chi connectivity index (χ1v) is 12.7. The minimum atomic E-state index is -1.19. The number of aryl methyl sites for hydroxylation is 1. The second kappa shape index (κ2) is 12.2. The van der Waals surface area contributed by atoms with E-state index in [1.807, 2.05) is 21.0 Å². The molecule has 1 aliphatic heterocycles. The first-order chi connectivity index (χ1) is 17.6. The Morgan fingerprint density at radius 1 is 1.05 bits per heavy atom. The van der Waals surface area contributed by atoms with Crippen LogP contribution in [0.1, 0.15) is 47.8 Å². The van der Waals surface area contributed by atoms with Gasteiger partial charge in [0.15, 0.2) is 17.3 Å². The van der Waals surface area contributed by atoms with Crippen LogP contribution in [-0.4, -0.2) is 70.4 Å². The number of carbonyl (C=O) groups excluding carboxylic acids is 3. The molecule has 1 fully saturated rings. The number of hydrogen-bond acceptors (Lipinski definition) is 6. The number of carbonyl (C=O) groups is 3. The number of ketones is 2. The maximum Gasteiger partial charge on any atom is 0.291 e. The van der Waals surface area contributed by atoms with Gasteiger partial charge in [-0.3, -0.25) is 14.4 Å². The zero-order valence-corrected chi connectivity index (χ0v) is 22.9. The van der Waals surface area contributed by atoms with Gasteiger partial charge in [-0.05, 0) is 42.7 Å². The predicted molar refractivity (Wildman–Crippen MR) is 141 cm³/mol. The van der Waals surface area contributed by atoms with Crippen LogP contribution in [-0.2, 0) is 9.59 Å². The molecule has 0 radical (unpaired) electrons. The van der Waals surface area contributed by atoms with Crippen molar-refractivity contribution in [2.75, 3.05) is 48.0 Å². The van der Waals surface area contributed by atoms with Crippen molar-refractivity contribution in [3.05, 3.63) is 53.1 Å². The van der Waals surface area contributed by atoms with Crippen molar-refractivity contribution in [1.29, 1.82) is 0 Å². The molecule has 1 N–H and O–H groups in total. The van der Waals surface area contributed by atoms with Gasteiger partial charge < -0.3 is 24.0 Å². The predicted octanol–water partition coefficient (Wildman–Crippen LogP) is 2.53. The van der Waals surface area contributed by atoms with Gasteiger partial charge in [-0.1, -0.05) is 26.0 Å². The maximum absolute atomic E-state index is 13.9. The minimum Gasteiger partial charge on any atom is -0.493 e. The Hall–Kier alpha value is -3.39. The lowest BCUT2D eigenvalue weighted by Gasteiger charge is -2.29. The Morgan fingerprint density at radius 2 is 1.78 bits per heavy atom. The standard InChI is InChI=1S/C29H38N2O6/c1-18(2)17-37-22-13-12-20(16-19(22)3)26(32)24-25(21-10-8-11-23(35-6)28(21)36-7)31(29(34)27(24)33)15-9-14-30(4)5/h8,10-13,16,18,24-25H,9,14-15,17H2,1-7H3/p+1. The van der Waals surface area contributed by atoms with Crippen LogP contribution in [0.15, 0.2) is 36.4 Å². The third-order valence-corrected chi connectivity index (χ3v) is 6.55. The van der Waals surface area contributed by atoms with Crippen LogP contribution in [0.4, 0.5) is 0 Å². The first kappa shape index (κ1) is 28.2. The molecule has 37 heavy (non-hydrogen) atoms. The third-order valence-electron chi connectivity index (χ3n) is 6.55. The number of Topliss-reactive ketones (excluding diaryl/α,β-unsaturated/α-hetero) is 2. The van der Waals surface area contributed by atoms with Gasteiger partial charge in [-0.2, -0.15) is 0 Å². The number of nitrogens with one attached hydrogen (secondary N) is 1. The average Bonchev–Trinajstić information content (AvgIpc) is 3.11. The van der Waals surface area contributed by atoms with Crippen LogP contribution >= 0.6 is 0 Å². The molecule has 2 unspecified atom stereocenters. The summed E-state index contributed by atoms with van der Waals surface area (Å²) in [6.45, 7) is 7.72. The van der Waals surface area contributed by atoms with E-state index >= 15 is 0 Å². The number of rotatable bonds is 12. The molecule has 0 bridgehead atoms. The molecule has 2 aromatic carbocycles. The summed E-state index contributed by atoms with van der Waals surface area (Å²) < 4.78 is 17.0. The van der Waals surface area contributed by atoms with Crippen molar-refractivity contribution in [2.45, 2.75) is 33.2 Å². The summed E-state index contributed by atoms with van der Waals surface area (Å²) in [6, 6.07) is 9.66. The molecule has 2 atom stereocenters. The highest BCUT2D eigenvalue weighted by molar-refractivity contribution is 6.44. The summed E-state index contributed by atoms with van der Waals surface area (Å²) >= 11 is 0. The first-order valence-electron chi connectivity index (χ1n) is 12.7. The van der Waals surface area contributed by atoms with E-state index in [1.54, 1.807) is 36.4 Å². The number of para-hydroxylation sites is 1. The van der Waals surface area contributed by atoms with Crippen LogP contribution in [0.2, 0.25) is 0 Å². The van der Waals surface area contributed by atoms with Gasteiger partial charge in [0.05, 0.1) is 47.5 Å². The number of ether oxygens (including phenoxy) is 3. The molecule has 1 aliphatic rings. The van der Waals surface area contributed by atoms with Crippen LogP contribution in [0, 0.1) is 18.8 Å². The van der Waals surface area contributed by atoms with Gasteiger partial charge >= 0.3 is 0 Å². The Kier molecular flexibility index (Phi) is 9.32. The zero-order chi connectivity index (χ0) is 27.3. The van der Waals surface area contributed by atoms with Crippen molar-refractivity contribution in [3.63, 3.8) is 0 Å². The van der Waals surface area contributed by atoms with Crippen LogP contribution in [0.5, 0.6) is 17.2 Å². The molecular formula is C29H39N2O6+.